The lowest BCUT2D eigenvalue weighted by molar-refractivity contribution is -0.152. The molecule has 4 aromatic rings. The second kappa shape index (κ2) is 7.95. The smallest absolute Gasteiger partial charge is 0.307 e. The fraction of sp³-hybridized carbons (Fsp3) is 0.375. The van der Waals surface area contributed by atoms with E-state index in [0.29, 0.717) is 46.3 Å². The van der Waals surface area contributed by atoms with Gasteiger partial charge in [-0.05, 0) is 68.1 Å². The summed E-state index contributed by atoms with van der Waals surface area (Å²) in [7, 11) is 0. The topological polar surface area (TPSA) is 118 Å². The molecule has 0 radical (unpaired) electrons. The summed E-state index contributed by atoms with van der Waals surface area (Å²) >= 11 is 6.09. The molecule has 0 saturated heterocycles. The highest BCUT2D eigenvalue weighted by atomic mass is 35.5. The molecule has 3 saturated carbocycles. The lowest BCUT2D eigenvalue weighted by atomic mass is 9.57. The van der Waals surface area contributed by atoms with E-state index < -0.39 is 5.97 Å². The van der Waals surface area contributed by atoms with Crippen LogP contribution in [-0.2, 0) is 11.2 Å². The lowest BCUT2D eigenvalue weighted by Crippen LogP contribution is -2.45. The molecule has 8 nitrogen and oxygen atoms in total. The van der Waals surface area contributed by atoms with Gasteiger partial charge in [0.2, 0.25) is 0 Å². The molecular formula is C24H22ClN5O3. The van der Waals surface area contributed by atoms with Crippen LogP contribution in [0.15, 0.2) is 41.3 Å². The van der Waals surface area contributed by atoms with Gasteiger partial charge >= 0.3 is 5.97 Å². The standard InChI is InChI=1S/C24H22ClN5O3/c25-19-11-27-23-21(30-19)16(10-26-23)22-28-14(9-17(29-22)18-2-1-7-33-18)8-15-12-3-5-13(6-4-12)20(15)24(31)32/h1-2,7,9-13,15,20H,3-6,8H2,(H,26,27)(H,31,32). The van der Waals surface area contributed by atoms with Crippen LogP contribution >= 0.6 is 11.6 Å². The van der Waals surface area contributed by atoms with Gasteiger partial charge in [-0.3, -0.25) is 4.79 Å². The van der Waals surface area contributed by atoms with Gasteiger partial charge in [0.15, 0.2) is 17.2 Å². The van der Waals surface area contributed by atoms with Crippen molar-refractivity contribution in [3.05, 3.63) is 47.7 Å². The third kappa shape index (κ3) is 3.58. The second-order valence-corrected chi connectivity index (χ2v) is 9.43. The van der Waals surface area contributed by atoms with Crippen molar-refractivity contribution in [1.82, 2.24) is 24.9 Å². The first kappa shape index (κ1) is 20.4. The fourth-order valence-electron chi connectivity index (χ4n) is 5.81. The third-order valence-corrected chi connectivity index (χ3v) is 7.45. The molecule has 33 heavy (non-hydrogen) atoms. The normalized spacial score (nSPS) is 24.4. The van der Waals surface area contributed by atoms with Gasteiger partial charge < -0.3 is 14.5 Å². The van der Waals surface area contributed by atoms with Crippen molar-refractivity contribution < 1.29 is 14.3 Å². The predicted octanol–water partition coefficient (Wildman–Crippen LogP) is 5.01. The molecule has 4 aromatic heterocycles. The van der Waals surface area contributed by atoms with Crippen molar-refractivity contribution in [2.75, 3.05) is 0 Å². The minimum absolute atomic E-state index is 0.0689. The molecule has 2 unspecified atom stereocenters. The Morgan fingerprint density at radius 1 is 1.18 bits per heavy atom. The van der Waals surface area contributed by atoms with Crippen molar-refractivity contribution in [2.45, 2.75) is 32.1 Å². The summed E-state index contributed by atoms with van der Waals surface area (Å²) in [6.07, 6.45) is 9.68. The number of nitrogens with zero attached hydrogens (tertiary/aromatic N) is 4. The quantitative estimate of drug-likeness (QED) is 0.427. The van der Waals surface area contributed by atoms with Gasteiger partial charge in [-0.2, -0.15) is 0 Å². The second-order valence-electron chi connectivity index (χ2n) is 9.04. The number of carbonyl (C=O) groups is 1. The van der Waals surface area contributed by atoms with Crippen molar-refractivity contribution in [2.24, 2.45) is 23.7 Å². The number of nitrogens with one attached hydrogen (secondary N) is 1. The van der Waals surface area contributed by atoms with E-state index in [9.17, 15) is 9.90 Å². The summed E-state index contributed by atoms with van der Waals surface area (Å²) in [6, 6.07) is 5.58. The molecule has 3 aliphatic carbocycles. The average Bonchev–Trinajstić information content (AvgIpc) is 3.49. The van der Waals surface area contributed by atoms with E-state index in [2.05, 4.69) is 15.0 Å². The number of rotatable bonds is 5. The van der Waals surface area contributed by atoms with Gasteiger partial charge in [0, 0.05) is 11.9 Å². The van der Waals surface area contributed by atoms with Crippen LogP contribution in [0.3, 0.4) is 0 Å². The van der Waals surface area contributed by atoms with E-state index >= 15 is 0 Å². The first-order valence-electron chi connectivity index (χ1n) is 11.2. The minimum atomic E-state index is -0.684. The summed E-state index contributed by atoms with van der Waals surface area (Å²) in [5.74, 6) is 0.851. The maximum Gasteiger partial charge on any atom is 0.307 e. The van der Waals surface area contributed by atoms with Crippen LogP contribution in [0.4, 0.5) is 0 Å². The summed E-state index contributed by atoms with van der Waals surface area (Å²) in [5, 5.41) is 10.3. The molecule has 0 amide bonds. The zero-order chi connectivity index (χ0) is 22.5. The molecular weight excluding hydrogens is 442 g/mol. The van der Waals surface area contributed by atoms with Crippen molar-refractivity contribution in [1.29, 1.82) is 0 Å². The maximum absolute atomic E-state index is 12.2. The molecule has 3 aliphatic rings. The Morgan fingerprint density at radius 2 is 2.00 bits per heavy atom. The first-order valence-corrected chi connectivity index (χ1v) is 11.6. The predicted molar refractivity (Wildman–Crippen MR) is 121 cm³/mol. The van der Waals surface area contributed by atoms with Crippen LogP contribution in [-0.4, -0.2) is 36.0 Å². The summed E-state index contributed by atoms with van der Waals surface area (Å²) in [6.45, 7) is 0. The molecule has 7 rings (SSSR count). The third-order valence-electron chi connectivity index (χ3n) is 7.27. The Balaban J connectivity index is 1.45. The highest BCUT2D eigenvalue weighted by molar-refractivity contribution is 6.29. The number of fused-ring (bicyclic) bond motifs is 4. The number of halogens is 1. The number of carboxylic acids is 1. The number of H-pyrrole nitrogens is 1. The van der Waals surface area contributed by atoms with E-state index in [-0.39, 0.29) is 22.9 Å². The van der Waals surface area contributed by atoms with Crippen LogP contribution in [0.25, 0.3) is 34.0 Å². The molecule has 4 heterocycles. The van der Waals surface area contributed by atoms with Gasteiger partial charge in [0.25, 0.3) is 0 Å². The number of aromatic amines is 1. The highest BCUT2D eigenvalue weighted by Crippen LogP contribution is 2.50. The van der Waals surface area contributed by atoms with Gasteiger partial charge in [-0.25, -0.2) is 19.9 Å². The lowest BCUT2D eigenvalue weighted by Gasteiger charge is -2.46. The molecule has 2 bridgehead atoms. The molecule has 0 spiro atoms. The van der Waals surface area contributed by atoms with Crippen LogP contribution < -0.4 is 0 Å². The average molecular weight is 464 g/mol. The Kier molecular flexibility index (Phi) is 4.90. The number of hydrogen-bond donors (Lipinski definition) is 2. The maximum atomic E-state index is 12.2. The Morgan fingerprint density at radius 3 is 2.76 bits per heavy atom. The van der Waals surface area contributed by atoms with E-state index in [4.69, 9.17) is 26.0 Å². The Bertz CT molecular complexity index is 1330. The summed E-state index contributed by atoms with van der Waals surface area (Å²) in [5.41, 5.74) is 3.33. The monoisotopic (exact) mass is 463 g/mol. The fourth-order valence-corrected chi connectivity index (χ4v) is 5.94. The molecule has 2 N–H and O–H groups in total. The zero-order valence-corrected chi connectivity index (χ0v) is 18.5. The van der Waals surface area contributed by atoms with Crippen molar-refractivity contribution in [3.8, 4) is 22.8 Å². The molecule has 0 aliphatic heterocycles. The van der Waals surface area contributed by atoms with Crippen LogP contribution in [0, 0.1) is 23.7 Å². The number of aliphatic carboxylic acids is 1. The van der Waals surface area contributed by atoms with Crippen molar-refractivity contribution >= 4 is 28.7 Å². The van der Waals surface area contributed by atoms with E-state index in [1.54, 1.807) is 12.5 Å². The largest absolute Gasteiger partial charge is 0.481 e. The number of furan rings is 1. The number of aromatic nitrogens is 5. The Labute approximate surface area is 194 Å². The van der Waals surface area contributed by atoms with Crippen LogP contribution in [0.1, 0.15) is 31.4 Å². The Hall–Kier alpha value is -3.26. The summed E-state index contributed by atoms with van der Waals surface area (Å²) in [4.78, 5) is 33.5. The molecule has 0 aromatic carbocycles. The van der Waals surface area contributed by atoms with Gasteiger partial charge in [-0.15, -0.1) is 0 Å². The summed E-state index contributed by atoms with van der Waals surface area (Å²) < 4.78 is 5.61. The number of carboxylic acid groups (broad SMARTS) is 1. The van der Waals surface area contributed by atoms with Crippen molar-refractivity contribution in [3.63, 3.8) is 0 Å². The van der Waals surface area contributed by atoms with Gasteiger partial charge in [0.05, 0.1) is 23.9 Å². The SMILES string of the molecule is O=C(O)C1C2CCC(CC2)C1Cc1cc(-c2ccco2)nc(-c2c[nH]c3ncc(Cl)nc23)n1. The van der Waals surface area contributed by atoms with E-state index in [1.165, 1.54) is 6.20 Å². The molecule has 9 heteroatoms. The van der Waals surface area contributed by atoms with Gasteiger partial charge in [-0.1, -0.05) is 11.6 Å². The van der Waals surface area contributed by atoms with Crippen LogP contribution in [0.2, 0.25) is 5.15 Å². The van der Waals surface area contributed by atoms with Crippen LogP contribution in [0.5, 0.6) is 0 Å². The first-order chi connectivity index (χ1) is 16.1. The molecule has 2 atom stereocenters. The zero-order valence-electron chi connectivity index (χ0n) is 17.7. The highest BCUT2D eigenvalue weighted by Gasteiger charge is 2.47. The van der Waals surface area contributed by atoms with E-state index in [0.717, 1.165) is 31.4 Å². The number of hydrogen-bond acceptors (Lipinski definition) is 6. The molecule has 3 fully saturated rings. The van der Waals surface area contributed by atoms with E-state index in [1.807, 2.05) is 18.2 Å². The molecule has 168 valence electrons. The van der Waals surface area contributed by atoms with Gasteiger partial charge in [0.1, 0.15) is 16.4 Å². The minimum Gasteiger partial charge on any atom is -0.481 e.